The Hall–Kier alpha value is -2.05. The van der Waals surface area contributed by atoms with Crippen molar-refractivity contribution in [1.82, 2.24) is 20.4 Å². The first-order chi connectivity index (χ1) is 11.0. The predicted molar refractivity (Wildman–Crippen MR) is 88.6 cm³/mol. The van der Waals surface area contributed by atoms with Crippen LogP contribution in [0.25, 0.3) is 0 Å². The molecule has 8 heteroatoms. The molecule has 2 aromatic rings. The van der Waals surface area contributed by atoms with Crippen molar-refractivity contribution in [1.29, 1.82) is 0 Å². The van der Waals surface area contributed by atoms with Crippen LogP contribution in [0.15, 0.2) is 36.7 Å². The lowest BCUT2D eigenvalue weighted by molar-refractivity contribution is -0.120. The van der Waals surface area contributed by atoms with Gasteiger partial charge in [-0.3, -0.25) is 14.3 Å². The van der Waals surface area contributed by atoms with Crippen LogP contribution in [0.1, 0.15) is 17.3 Å². The second-order valence-corrected chi connectivity index (χ2v) is 5.85. The standard InChI is InChI=1S/C15H16Cl2N4O2/c1-10(9-21-6-2-5-19-21)20-14(22)8-18-15(23)12-7-11(16)3-4-13(12)17/h2-7,10H,8-9H2,1H3,(H,18,23)(H,20,22)/t10-/m0/s1. The van der Waals surface area contributed by atoms with Gasteiger partial charge in [0.2, 0.25) is 5.91 Å². The Morgan fingerprint density at radius 2 is 2.13 bits per heavy atom. The van der Waals surface area contributed by atoms with Crippen molar-refractivity contribution in [3.05, 3.63) is 52.3 Å². The van der Waals surface area contributed by atoms with Gasteiger partial charge >= 0.3 is 0 Å². The summed E-state index contributed by atoms with van der Waals surface area (Å²) in [5, 5.41) is 10.0. The monoisotopic (exact) mass is 354 g/mol. The third-order valence-corrected chi connectivity index (χ3v) is 3.57. The SMILES string of the molecule is C[C@@H](Cn1cccn1)NC(=O)CNC(=O)c1cc(Cl)ccc1Cl. The van der Waals surface area contributed by atoms with Gasteiger partial charge in [-0.2, -0.15) is 5.10 Å². The van der Waals surface area contributed by atoms with Crippen LogP contribution in [0.2, 0.25) is 10.0 Å². The molecule has 1 atom stereocenters. The first-order valence-electron chi connectivity index (χ1n) is 6.95. The Morgan fingerprint density at radius 1 is 1.35 bits per heavy atom. The van der Waals surface area contributed by atoms with Gasteiger partial charge in [0.25, 0.3) is 5.91 Å². The Bertz CT molecular complexity index is 689. The lowest BCUT2D eigenvalue weighted by Crippen LogP contribution is -2.42. The molecular weight excluding hydrogens is 339 g/mol. The number of nitrogens with zero attached hydrogens (tertiary/aromatic N) is 2. The van der Waals surface area contributed by atoms with Crippen LogP contribution in [0.3, 0.4) is 0 Å². The molecule has 2 rings (SSSR count). The zero-order valence-electron chi connectivity index (χ0n) is 12.4. The highest BCUT2D eigenvalue weighted by Crippen LogP contribution is 2.20. The van der Waals surface area contributed by atoms with Crippen molar-refractivity contribution in [2.45, 2.75) is 19.5 Å². The van der Waals surface area contributed by atoms with Gasteiger partial charge in [0.15, 0.2) is 0 Å². The fourth-order valence-corrected chi connectivity index (χ4v) is 2.36. The molecule has 0 aliphatic heterocycles. The lowest BCUT2D eigenvalue weighted by atomic mass is 10.2. The van der Waals surface area contributed by atoms with Gasteiger partial charge in [-0.15, -0.1) is 0 Å². The first kappa shape index (κ1) is 17.3. The minimum absolute atomic E-state index is 0.117. The van der Waals surface area contributed by atoms with Crippen LogP contribution in [0, 0.1) is 0 Å². The number of aromatic nitrogens is 2. The second-order valence-electron chi connectivity index (χ2n) is 5.00. The van der Waals surface area contributed by atoms with Gasteiger partial charge in [0.05, 0.1) is 23.7 Å². The topological polar surface area (TPSA) is 76.0 Å². The molecule has 2 N–H and O–H groups in total. The van der Waals surface area contributed by atoms with E-state index in [1.54, 1.807) is 16.9 Å². The van der Waals surface area contributed by atoms with E-state index in [4.69, 9.17) is 23.2 Å². The van der Waals surface area contributed by atoms with Crippen LogP contribution in [0.5, 0.6) is 0 Å². The van der Waals surface area contributed by atoms with Crippen LogP contribution in [-0.2, 0) is 11.3 Å². The number of hydrogen-bond donors (Lipinski definition) is 2. The fourth-order valence-electron chi connectivity index (χ4n) is 1.99. The Kier molecular flexibility index (Phi) is 6.01. The Balaban J connectivity index is 1.81. The molecule has 23 heavy (non-hydrogen) atoms. The van der Waals surface area contributed by atoms with E-state index in [1.165, 1.54) is 12.1 Å². The molecule has 1 aromatic heterocycles. The maximum absolute atomic E-state index is 12.0. The number of benzene rings is 1. The van der Waals surface area contributed by atoms with Gasteiger partial charge in [0, 0.05) is 23.5 Å². The summed E-state index contributed by atoms with van der Waals surface area (Å²) in [5.41, 5.74) is 0.233. The maximum Gasteiger partial charge on any atom is 0.253 e. The molecule has 1 heterocycles. The molecular formula is C15H16Cl2N4O2. The number of amides is 2. The van der Waals surface area contributed by atoms with Crippen molar-refractivity contribution in [2.24, 2.45) is 0 Å². The van der Waals surface area contributed by atoms with Crippen LogP contribution < -0.4 is 10.6 Å². The fraction of sp³-hybridized carbons (Fsp3) is 0.267. The molecule has 0 fully saturated rings. The number of carbonyl (C=O) groups excluding carboxylic acids is 2. The molecule has 0 spiro atoms. The molecule has 1 aromatic carbocycles. The summed E-state index contributed by atoms with van der Waals surface area (Å²) >= 11 is 11.8. The lowest BCUT2D eigenvalue weighted by Gasteiger charge is -2.14. The van der Waals surface area contributed by atoms with E-state index in [0.717, 1.165) is 0 Å². The number of rotatable bonds is 6. The van der Waals surface area contributed by atoms with Crippen molar-refractivity contribution >= 4 is 35.0 Å². The highest BCUT2D eigenvalue weighted by atomic mass is 35.5. The number of hydrogen-bond acceptors (Lipinski definition) is 3. The average molecular weight is 355 g/mol. The van der Waals surface area contributed by atoms with E-state index in [-0.39, 0.29) is 29.1 Å². The van der Waals surface area contributed by atoms with E-state index in [1.807, 2.05) is 19.2 Å². The van der Waals surface area contributed by atoms with E-state index >= 15 is 0 Å². The van der Waals surface area contributed by atoms with E-state index in [2.05, 4.69) is 15.7 Å². The molecule has 0 bridgehead atoms. The van der Waals surface area contributed by atoms with E-state index < -0.39 is 5.91 Å². The molecule has 0 radical (unpaired) electrons. The summed E-state index contributed by atoms with van der Waals surface area (Å²) < 4.78 is 1.72. The van der Waals surface area contributed by atoms with Crippen molar-refractivity contribution in [3.8, 4) is 0 Å². The highest BCUT2D eigenvalue weighted by molar-refractivity contribution is 6.35. The minimum Gasteiger partial charge on any atom is -0.350 e. The molecule has 122 valence electrons. The molecule has 2 amide bonds. The quantitative estimate of drug-likeness (QED) is 0.834. The summed E-state index contributed by atoms with van der Waals surface area (Å²) in [6.07, 6.45) is 3.48. The largest absolute Gasteiger partial charge is 0.350 e. The summed E-state index contributed by atoms with van der Waals surface area (Å²) in [5.74, 6) is -0.747. The zero-order valence-corrected chi connectivity index (χ0v) is 13.9. The third kappa shape index (κ3) is 5.26. The highest BCUT2D eigenvalue weighted by Gasteiger charge is 2.13. The van der Waals surface area contributed by atoms with E-state index in [9.17, 15) is 9.59 Å². The van der Waals surface area contributed by atoms with Gasteiger partial charge in [-0.1, -0.05) is 23.2 Å². The number of nitrogens with one attached hydrogen (secondary N) is 2. The summed E-state index contributed by atoms with van der Waals surface area (Å²) in [7, 11) is 0. The number of carbonyl (C=O) groups is 2. The third-order valence-electron chi connectivity index (χ3n) is 3.01. The van der Waals surface area contributed by atoms with Crippen molar-refractivity contribution in [2.75, 3.05) is 6.54 Å². The van der Waals surface area contributed by atoms with Crippen LogP contribution >= 0.6 is 23.2 Å². The predicted octanol–water partition coefficient (Wildman–Crippen LogP) is 2.12. The average Bonchev–Trinajstić information content (AvgIpc) is 3.00. The second kappa shape index (κ2) is 7.99. The summed E-state index contributed by atoms with van der Waals surface area (Å²) in [4.78, 5) is 23.9. The van der Waals surface area contributed by atoms with Gasteiger partial charge in [-0.25, -0.2) is 0 Å². The van der Waals surface area contributed by atoms with Gasteiger partial charge < -0.3 is 10.6 Å². The van der Waals surface area contributed by atoms with Crippen LogP contribution in [0.4, 0.5) is 0 Å². The van der Waals surface area contributed by atoms with E-state index in [0.29, 0.717) is 11.6 Å². The Labute approximate surface area is 143 Å². The summed E-state index contributed by atoms with van der Waals surface area (Å²) in [6, 6.07) is 6.27. The zero-order chi connectivity index (χ0) is 16.8. The first-order valence-corrected chi connectivity index (χ1v) is 7.71. The molecule has 0 saturated carbocycles. The maximum atomic E-state index is 12.0. The normalized spacial score (nSPS) is 11.8. The molecule has 6 nitrogen and oxygen atoms in total. The number of halogens is 2. The van der Waals surface area contributed by atoms with Crippen molar-refractivity contribution < 1.29 is 9.59 Å². The Morgan fingerprint density at radius 3 is 2.83 bits per heavy atom. The smallest absolute Gasteiger partial charge is 0.253 e. The van der Waals surface area contributed by atoms with Gasteiger partial charge in [0.1, 0.15) is 0 Å². The van der Waals surface area contributed by atoms with Crippen LogP contribution in [-0.4, -0.2) is 34.2 Å². The molecule has 0 aliphatic carbocycles. The molecule has 0 saturated heterocycles. The summed E-state index contributed by atoms with van der Waals surface area (Å²) in [6.45, 7) is 2.26. The minimum atomic E-state index is -0.452. The van der Waals surface area contributed by atoms with Crippen molar-refractivity contribution in [3.63, 3.8) is 0 Å². The van der Waals surface area contributed by atoms with Gasteiger partial charge in [-0.05, 0) is 31.2 Å². The molecule has 0 unspecified atom stereocenters. The molecule has 0 aliphatic rings.